The average molecular weight is 300 g/mol. The Bertz CT molecular complexity index is 469. The van der Waals surface area contributed by atoms with Gasteiger partial charge < -0.3 is 9.47 Å². The lowest BCUT2D eigenvalue weighted by Gasteiger charge is -2.31. The molecule has 3 rings (SSSR count). The summed E-state index contributed by atoms with van der Waals surface area (Å²) in [5.41, 5.74) is 0.911. The molecule has 2 unspecified atom stereocenters. The van der Waals surface area contributed by atoms with Crippen molar-refractivity contribution in [3.63, 3.8) is 0 Å². The highest BCUT2D eigenvalue weighted by Crippen LogP contribution is 2.47. The van der Waals surface area contributed by atoms with Crippen molar-refractivity contribution in [1.29, 1.82) is 0 Å². The first kappa shape index (κ1) is 13.7. The van der Waals surface area contributed by atoms with Gasteiger partial charge >= 0.3 is 0 Å². The van der Waals surface area contributed by atoms with Gasteiger partial charge in [-0.1, -0.05) is 35.7 Å². The zero-order valence-corrected chi connectivity index (χ0v) is 12.2. The Kier molecular flexibility index (Phi) is 3.78. The van der Waals surface area contributed by atoms with Gasteiger partial charge in [-0.3, -0.25) is 0 Å². The molecule has 0 aromatic heterocycles. The highest BCUT2D eigenvalue weighted by atomic mass is 35.5. The van der Waals surface area contributed by atoms with Crippen molar-refractivity contribution in [2.24, 2.45) is 0 Å². The molecule has 1 aromatic carbocycles. The topological polar surface area (TPSA) is 18.5 Å². The molecule has 1 heterocycles. The van der Waals surface area contributed by atoms with E-state index in [1.165, 1.54) is 6.42 Å². The summed E-state index contributed by atoms with van der Waals surface area (Å²) >= 11 is 12.2. The first-order valence-corrected chi connectivity index (χ1v) is 7.49. The second-order valence-corrected chi connectivity index (χ2v) is 6.18. The number of hydrogen-bond donors (Lipinski definition) is 0. The van der Waals surface area contributed by atoms with Gasteiger partial charge in [-0.15, -0.1) is 0 Å². The lowest BCUT2D eigenvalue weighted by atomic mass is 9.94. The van der Waals surface area contributed by atoms with Crippen LogP contribution in [0.1, 0.15) is 43.8 Å². The zero-order chi connectivity index (χ0) is 13.5. The Morgan fingerprint density at radius 1 is 1.11 bits per heavy atom. The van der Waals surface area contributed by atoms with Crippen LogP contribution in [0.3, 0.4) is 0 Å². The van der Waals surface area contributed by atoms with Crippen molar-refractivity contribution in [2.75, 3.05) is 0 Å². The van der Waals surface area contributed by atoms with E-state index in [-0.39, 0.29) is 12.2 Å². The van der Waals surface area contributed by atoms with Crippen LogP contribution in [0.25, 0.3) is 0 Å². The molecule has 1 radical (unpaired) electrons. The van der Waals surface area contributed by atoms with Crippen LogP contribution in [-0.2, 0) is 9.47 Å². The summed E-state index contributed by atoms with van der Waals surface area (Å²) in [6.07, 6.45) is 5.01. The molecule has 1 saturated carbocycles. The Morgan fingerprint density at radius 3 is 2.53 bits per heavy atom. The average Bonchev–Trinajstić information content (AvgIpc) is 2.67. The van der Waals surface area contributed by atoms with Crippen molar-refractivity contribution in [3.05, 3.63) is 40.7 Å². The highest BCUT2D eigenvalue weighted by Gasteiger charge is 2.47. The summed E-state index contributed by atoms with van der Waals surface area (Å²) in [5.74, 6) is -0.446. The molecule has 2 atom stereocenters. The van der Waals surface area contributed by atoms with E-state index in [9.17, 15) is 0 Å². The standard InChI is InChI=1S/C15H17Cl2O2/c1-10-14(12-6-5-11(16)9-13(12)17)19-15(18-10)7-3-2-4-8-15/h5-6,9-10,14H,1-4,7-8H2. The quantitative estimate of drug-likeness (QED) is 0.731. The van der Waals surface area contributed by atoms with Crippen molar-refractivity contribution in [3.8, 4) is 0 Å². The Morgan fingerprint density at radius 2 is 1.84 bits per heavy atom. The number of rotatable bonds is 1. The second kappa shape index (κ2) is 5.25. The van der Waals surface area contributed by atoms with Crippen molar-refractivity contribution >= 4 is 23.2 Å². The smallest absolute Gasteiger partial charge is 0.169 e. The van der Waals surface area contributed by atoms with E-state index in [1.54, 1.807) is 6.07 Å². The molecular formula is C15H17Cl2O2. The molecular weight excluding hydrogens is 283 g/mol. The minimum atomic E-state index is -0.446. The normalized spacial score (nSPS) is 29.8. The Hall–Kier alpha value is -0.280. The van der Waals surface area contributed by atoms with Crippen LogP contribution in [-0.4, -0.2) is 11.9 Å². The van der Waals surface area contributed by atoms with E-state index in [2.05, 4.69) is 6.92 Å². The minimum absolute atomic E-state index is 0.206. The summed E-state index contributed by atoms with van der Waals surface area (Å²) in [7, 11) is 0. The number of halogens is 2. The second-order valence-electron chi connectivity index (χ2n) is 5.33. The molecule has 1 aliphatic carbocycles. The predicted molar refractivity (Wildman–Crippen MR) is 76.3 cm³/mol. The van der Waals surface area contributed by atoms with Crippen LogP contribution >= 0.6 is 23.2 Å². The van der Waals surface area contributed by atoms with Crippen LogP contribution < -0.4 is 0 Å². The van der Waals surface area contributed by atoms with Gasteiger partial charge in [0.25, 0.3) is 0 Å². The van der Waals surface area contributed by atoms with Crippen molar-refractivity contribution < 1.29 is 9.47 Å². The fourth-order valence-corrected chi connectivity index (χ4v) is 3.51. The molecule has 0 N–H and O–H groups in total. The van der Waals surface area contributed by atoms with Gasteiger partial charge in [-0.05, 0) is 31.9 Å². The first-order valence-electron chi connectivity index (χ1n) is 6.73. The van der Waals surface area contributed by atoms with E-state index in [1.807, 2.05) is 12.1 Å². The minimum Gasteiger partial charge on any atom is -0.344 e. The molecule has 103 valence electrons. The van der Waals surface area contributed by atoms with Crippen LogP contribution in [0.4, 0.5) is 0 Å². The molecule has 1 saturated heterocycles. The third kappa shape index (κ3) is 2.64. The van der Waals surface area contributed by atoms with Crippen molar-refractivity contribution in [1.82, 2.24) is 0 Å². The maximum atomic E-state index is 6.25. The van der Waals surface area contributed by atoms with Crippen molar-refractivity contribution in [2.45, 2.75) is 50.1 Å². The lowest BCUT2D eigenvalue weighted by molar-refractivity contribution is -0.192. The van der Waals surface area contributed by atoms with Gasteiger partial charge in [0.05, 0.1) is 6.10 Å². The van der Waals surface area contributed by atoms with E-state index in [4.69, 9.17) is 32.7 Å². The van der Waals surface area contributed by atoms with E-state index < -0.39 is 5.79 Å². The predicted octanol–water partition coefficient (Wildman–Crippen LogP) is 4.94. The van der Waals surface area contributed by atoms with E-state index >= 15 is 0 Å². The fraction of sp³-hybridized carbons (Fsp3) is 0.533. The monoisotopic (exact) mass is 299 g/mol. The lowest BCUT2D eigenvalue weighted by Crippen LogP contribution is -2.33. The van der Waals surface area contributed by atoms with Crippen LogP contribution in [0.2, 0.25) is 10.0 Å². The summed E-state index contributed by atoms with van der Waals surface area (Å²) in [6, 6.07) is 5.46. The number of benzene rings is 1. The summed E-state index contributed by atoms with van der Waals surface area (Å²) < 4.78 is 12.2. The van der Waals surface area contributed by atoms with Gasteiger partial charge in [-0.2, -0.15) is 0 Å². The third-order valence-corrected chi connectivity index (χ3v) is 4.49. The van der Waals surface area contributed by atoms with Crippen LogP contribution in [0, 0.1) is 6.92 Å². The van der Waals surface area contributed by atoms with Gasteiger partial charge in [-0.25, -0.2) is 0 Å². The summed E-state index contributed by atoms with van der Waals surface area (Å²) in [6.45, 7) is 4.07. The molecule has 1 aromatic rings. The number of hydrogen-bond acceptors (Lipinski definition) is 2. The molecule has 2 nitrogen and oxygen atoms in total. The van der Waals surface area contributed by atoms with Crippen LogP contribution in [0.15, 0.2) is 18.2 Å². The molecule has 0 bridgehead atoms. The third-order valence-electron chi connectivity index (χ3n) is 3.93. The fourth-order valence-electron chi connectivity index (χ4n) is 2.99. The van der Waals surface area contributed by atoms with Crippen LogP contribution in [0.5, 0.6) is 0 Å². The first-order chi connectivity index (χ1) is 9.10. The van der Waals surface area contributed by atoms with Gasteiger partial charge in [0.2, 0.25) is 0 Å². The summed E-state index contributed by atoms with van der Waals surface area (Å²) in [5, 5.41) is 1.24. The van der Waals surface area contributed by atoms with Gasteiger partial charge in [0.1, 0.15) is 6.10 Å². The van der Waals surface area contributed by atoms with Gasteiger partial charge in [0.15, 0.2) is 5.79 Å². The largest absolute Gasteiger partial charge is 0.344 e. The zero-order valence-electron chi connectivity index (χ0n) is 10.7. The Labute approximate surface area is 124 Å². The molecule has 2 fully saturated rings. The SMILES string of the molecule is [CH2]C1OC2(CCCCC2)OC1c1ccc(Cl)cc1Cl. The van der Waals surface area contributed by atoms with E-state index in [0.717, 1.165) is 31.2 Å². The Balaban J connectivity index is 1.85. The molecule has 4 heteroatoms. The molecule has 1 spiro atoms. The highest BCUT2D eigenvalue weighted by molar-refractivity contribution is 6.35. The summed E-state index contributed by atoms with van der Waals surface area (Å²) in [4.78, 5) is 0. The van der Waals surface area contributed by atoms with Gasteiger partial charge in [0, 0.05) is 28.5 Å². The molecule has 2 aliphatic rings. The van der Waals surface area contributed by atoms with E-state index in [0.29, 0.717) is 10.0 Å². The number of ether oxygens (including phenoxy) is 2. The maximum absolute atomic E-state index is 6.25. The molecule has 1 aliphatic heterocycles. The molecule has 19 heavy (non-hydrogen) atoms. The molecule has 0 amide bonds. The maximum Gasteiger partial charge on any atom is 0.169 e.